The molecule has 0 spiro atoms. The monoisotopic (exact) mass is 340 g/mol. The minimum Gasteiger partial charge on any atom is -0.508 e. The summed E-state index contributed by atoms with van der Waals surface area (Å²) in [5.41, 5.74) is 0.727. The lowest BCUT2D eigenvalue weighted by atomic mass is 10.1. The molecule has 2 aliphatic rings. The van der Waals surface area contributed by atoms with Crippen LogP contribution in [0, 0.1) is 0 Å². The number of para-hydroxylation sites is 2. The normalized spacial score (nSPS) is 25.3. The van der Waals surface area contributed by atoms with Gasteiger partial charge in [-0.25, -0.2) is 17.6 Å². The van der Waals surface area contributed by atoms with E-state index in [1.54, 1.807) is 36.4 Å². The van der Waals surface area contributed by atoms with Gasteiger partial charge in [-0.05, 0) is 12.1 Å². The molecule has 2 fully saturated rings. The van der Waals surface area contributed by atoms with E-state index in [4.69, 9.17) is 0 Å². The van der Waals surface area contributed by atoms with Crippen LogP contribution in [0.2, 0.25) is 0 Å². The number of aromatic hydroxyl groups is 2. The maximum atomic E-state index is 12.6. The van der Waals surface area contributed by atoms with Crippen LogP contribution in [-0.4, -0.2) is 22.1 Å². The predicted octanol–water partition coefficient (Wildman–Crippen LogP) is 5.03. The highest BCUT2D eigenvalue weighted by molar-refractivity contribution is 5.41. The molecule has 0 saturated heterocycles. The van der Waals surface area contributed by atoms with Crippen molar-refractivity contribution in [2.45, 2.75) is 36.5 Å². The Balaban J connectivity index is 0.000000141. The van der Waals surface area contributed by atoms with Gasteiger partial charge in [-0.2, -0.15) is 0 Å². The van der Waals surface area contributed by atoms with Crippen molar-refractivity contribution in [3.63, 3.8) is 0 Å². The standard InChI is InChI=1S/2C9H8F2O/c2*10-9(11)5-7(9)6-3-1-2-4-8(6)12/h2*1-4,7,12H,5H2. The molecule has 2 unspecified atom stereocenters. The molecule has 128 valence electrons. The van der Waals surface area contributed by atoms with Crippen molar-refractivity contribution in [1.82, 2.24) is 0 Å². The fraction of sp³-hybridized carbons (Fsp3) is 0.333. The summed E-state index contributed by atoms with van der Waals surface area (Å²) in [7, 11) is 0. The van der Waals surface area contributed by atoms with Crippen molar-refractivity contribution < 1.29 is 27.8 Å². The van der Waals surface area contributed by atoms with Gasteiger partial charge < -0.3 is 10.2 Å². The zero-order chi connectivity index (χ0) is 17.5. The Kier molecular flexibility index (Phi) is 3.94. The molecule has 0 bridgehead atoms. The van der Waals surface area contributed by atoms with Gasteiger partial charge in [0, 0.05) is 24.0 Å². The van der Waals surface area contributed by atoms with Crippen LogP contribution in [0.3, 0.4) is 0 Å². The Morgan fingerprint density at radius 3 is 1.21 bits per heavy atom. The summed E-state index contributed by atoms with van der Waals surface area (Å²) in [5, 5.41) is 18.4. The van der Waals surface area contributed by atoms with E-state index in [2.05, 4.69) is 0 Å². The molecule has 0 aliphatic heterocycles. The number of rotatable bonds is 2. The number of phenols is 2. The Morgan fingerprint density at radius 1 is 0.667 bits per heavy atom. The first-order chi connectivity index (χ1) is 11.2. The maximum Gasteiger partial charge on any atom is 0.256 e. The smallest absolute Gasteiger partial charge is 0.256 e. The summed E-state index contributed by atoms with van der Waals surface area (Å²) in [6, 6.07) is 12.5. The SMILES string of the molecule is Oc1ccccc1C1CC1(F)F.Oc1ccccc1C1CC1(F)F. The van der Waals surface area contributed by atoms with Crippen molar-refractivity contribution >= 4 is 0 Å². The molecule has 2 aromatic rings. The lowest BCUT2D eigenvalue weighted by Gasteiger charge is -2.01. The second-order valence-corrected chi connectivity index (χ2v) is 6.15. The van der Waals surface area contributed by atoms with E-state index in [0.717, 1.165) is 0 Å². The summed E-state index contributed by atoms with van der Waals surface area (Å²) in [6.07, 6.45) is -0.269. The van der Waals surface area contributed by atoms with E-state index in [1.807, 2.05) is 0 Å². The highest BCUT2D eigenvalue weighted by atomic mass is 19.3. The summed E-state index contributed by atoms with van der Waals surface area (Å²) in [4.78, 5) is 0. The van der Waals surface area contributed by atoms with Gasteiger partial charge in [0.25, 0.3) is 11.8 Å². The van der Waals surface area contributed by atoms with Crippen molar-refractivity contribution in [3.8, 4) is 11.5 Å². The summed E-state index contributed by atoms with van der Waals surface area (Å²) >= 11 is 0. The number of hydrogen-bond donors (Lipinski definition) is 2. The third-order valence-electron chi connectivity index (χ3n) is 4.28. The van der Waals surface area contributed by atoms with Gasteiger partial charge >= 0.3 is 0 Å². The first-order valence-corrected chi connectivity index (χ1v) is 7.54. The molecule has 0 radical (unpaired) electrons. The largest absolute Gasteiger partial charge is 0.508 e. The molecule has 0 heterocycles. The molecular weight excluding hydrogens is 324 g/mol. The van der Waals surface area contributed by atoms with Crippen molar-refractivity contribution in [3.05, 3.63) is 59.7 Å². The third-order valence-corrected chi connectivity index (χ3v) is 4.28. The van der Waals surface area contributed by atoms with Crippen molar-refractivity contribution in [2.75, 3.05) is 0 Å². The lowest BCUT2D eigenvalue weighted by Crippen LogP contribution is -1.92. The predicted molar refractivity (Wildman–Crippen MR) is 80.8 cm³/mol. The molecule has 24 heavy (non-hydrogen) atoms. The zero-order valence-electron chi connectivity index (χ0n) is 12.6. The summed E-state index contributed by atoms with van der Waals surface area (Å²) in [6.45, 7) is 0. The van der Waals surface area contributed by atoms with Crippen LogP contribution in [0.5, 0.6) is 11.5 Å². The van der Waals surface area contributed by atoms with Gasteiger partial charge in [-0.15, -0.1) is 0 Å². The van der Waals surface area contributed by atoms with E-state index >= 15 is 0 Å². The van der Waals surface area contributed by atoms with Crippen LogP contribution in [0.4, 0.5) is 17.6 Å². The fourth-order valence-electron chi connectivity index (χ4n) is 2.67. The minimum absolute atomic E-state index is 0.0281. The lowest BCUT2D eigenvalue weighted by molar-refractivity contribution is 0.111. The molecular formula is C18H16F4O2. The summed E-state index contributed by atoms with van der Waals surface area (Å²) in [5.74, 6) is -6.78. The Hall–Kier alpha value is -2.24. The number of halogens is 4. The maximum absolute atomic E-state index is 12.6. The molecule has 2 N–H and O–H groups in total. The minimum atomic E-state index is -2.60. The molecule has 4 rings (SSSR count). The molecule has 2 atom stereocenters. The molecule has 2 aromatic carbocycles. The van der Waals surface area contributed by atoms with Gasteiger partial charge in [-0.1, -0.05) is 36.4 Å². The van der Waals surface area contributed by atoms with Gasteiger partial charge in [0.05, 0.1) is 11.8 Å². The number of benzene rings is 2. The van der Waals surface area contributed by atoms with E-state index in [9.17, 15) is 27.8 Å². The second-order valence-electron chi connectivity index (χ2n) is 6.15. The highest BCUT2D eigenvalue weighted by Crippen LogP contribution is 2.58. The van der Waals surface area contributed by atoms with Crippen LogP contribution in [-0.2, 0) is 0 Å². The van der Waals surface area contributed by atoms with Gasteiger partial charge in [0.15, 0.2) is 0 Å². The van der Waals surface area contributed by atoms with E-state index < -0.39 is 23.7 Å². The van der Waals surface area contributed by atoms with Crippen molar-refractivity contribution in [2.24, 2.45) is 0 Å². The Bertz CT molecular complexity index is 682. The first kappa shape index (κ1) is 16.6. The Morgan fingerprint density at radius 2 is 0.958 bits per heavy atom. The highest BCUT2D eigenvalue weighted by Gasteiger charge is 2.59. The van der Waals surface area contributed by atoms with Crippen molar-refractivity contribution in [1.29, 1.82) is 0 Å². The number of alkyl halides is 4. The second kappa shape index (κ2) is 5.69. The number of phenolic OH excluding ortho intramolecular Hbond substituents is 2. The van der Waals surface area contributed by atoms with Gasteiger partial charge in [0.2, 0.25) is 0 Å². The molecule has 2 saturated carbocycles. The van der Waals surface area contributed by atoms with E-state index in [1.165, 1.54) is 12.1 Å². The van der Waals surface area contributed by atoms with Gasteiger partial charge in [-0.3, -0.25) is 0 Å². The van der Waals surface area contributed by atoms with Crippen LogP contribution < -0.4 is 0 Å². The number of hydrogen-bond acceptors (Lipinski definition) is 2. The molecule has 0 amide bonds. The van der Waals surface area contributed by atoms with Crippen LogP contribution in [0.25, 0.3) is 0 Å². The average Bonchev–Trinajstić information content (AvgIpc) is 3.35. The van der Waals surface area contributed by atoms with Crippen LogP contribution in [0.15, 0.2) is 48.5 Å². The van der Waals surface area contributed by atoms with Crippen LogP contribution in [0.1, 0.15) is 35.8 Å². The topological polar surface area (TPSA) is 40.5 Å². The molecule has 2 aliphatic carbocycles. The molecule has 6 heteroatoms. The summed E-state index contributed by atoms with van der Waals surface area (Å²) < 4.78 is 50.2. The molecule has 0 aromatic heterocycles. The fourth-order valence-corrected chi connectivity index (χ4v) is 2.67. The third kappa shape index (κ3) is 3.32. The molecule has 2 nitrogen and oxygen atoms in total. The Labute approximate surface area is 136 Å². The van der Waals surface area contributed by atoms with Gasteiger partial charge in [0.1, 0.15) is 11.5 Å². The van der Waals surface area contributed by atoms with Crippen LogP contribution >= 0.6 is 0 Å². The first-order valence-electron chi connectivity index (χ1n) is 7.54. The zero-order valence-corrected chi connectivity index (χ0v) is 12.6. The van der Waals surface area contributed by atoms with E-state index in [-0.39, 0.29) is 24.3 Å². The quantitative estimate of drug-likeness (QED) is 0.753. The average molecular weight is 340 g/mol. The van der Waals surface area contributed by atoms with E-state index in [0.29, 0.717) is 11.1 Å².